The summed E-state index contributed by atoms with van der Waals surface area (Å²) in [4.78, 5) is 27.2. The van der Waals surface area contributed by atoms with Crippen molar-refractivity contribution in [2.45, 2.75) is 83.4 Å². The Morgan fingerprint density at radius 2 is 1.82 bits per heavy atom. The Bertz CT molecular complexity index is 494. The van der Waals surface area contributed by atoms with E-state index in [1.165, 1.54) is 32.1 Å². The normalized spacial score (nSPS) is 21.2. The van der Waals surface area contributed by atoms with Crippen LogP contribution in [-0.4, -0.2) is 67.3 Å². The summed E-state index contributed by atoms with van der Waals surface area (Å²) in [7, 11) is 0. The molecule has 1 heterocycles. The first-order chi connectivity index (χ1) is 13.3. The quantitative estimate of drug-likeness (QED) is 0.652. The minimum absolute atomic E-state index is 0.0604. The van der Waals surface area contributed by atoms with E-state index < -0.39 is 6.04 Å². The molecule has 1 aliphatic carbocycles. The Morgan fingerprint density at radius 1 is 1.18 bits per heavy atom. The van der Waals surface area contributed by atoms with Crippen molar-refractivity contribution < 1.29 is 19.1 Å². The Balaban J connectivity index is 1.86. The fourth-order valence-corrected chi connectivity index (χ4v) is 3.87. The Hall–Kier alpha value is -1.18. The average Bonchev–Trinajstić information content (AvgIpc) is 2.69. The lowest BCUT2D eigenvalue weighted by atomic mass is 9.82. The fraction of sp³-hybridized carbons (Fsp3) is 0.905. The molecule has 2 amide bonds. The van der Waals surface area contributed by atoms with Crippen LogP contribution in [0.5, 0.6) is 0 Å². The Labute approximate surface area is 169 Å². The van der Waals surface area contributed by atoms with Gasteiger partial charge in [-0.15, -0.1) is 0 Å². The van der Waals surface area contributed by atoms with E-state index in [-0.39, 0.29) is 30.1 Å². The number of nitrogens with zero attached hydrogens (tertiary/aromatic N) is 1. The number of morpholine rings is 1. The van der Waals surface area contributed by atoms with Crippen molar-refractivity contribution in [1.82, 2.24) is 10.2 Å². The highest BCUT2D eigenvalue weighted by molar-refractivity contribution is 5.87. The standard InChI is InChI=1S/C21H39N3O4/c1-21(2,3)28-15-18(20(26)24-11-13-27-14-12-24)23-19(25)10-9-17(22)16-7-5-4-6-8-16/h16-18H,4-15,22H2,1-3H3,(H,23,25)/t17?,18-/m1/s1. The van der Waals surface area contributed by atoms with Crippen LogP contribution in [0, 0.1) is 5.92 Å². The first-order valence-electron chi connectivity index (χ1n) is 10.8. The number of amides is 2. The summed E-state index contributed by atoms with van der Waals surface area (Å²) < 4.78 is 11.1. The first-order valence-corrected chi connectivity index (χ1v) is 10.8. The molecule has 28 heavy (non-hydrogen) atoms. The number of rotatable bonds is 8. The van der Waals surface area contributed by atoms with Crippen molar-refractivity contribution in [2.24, 2.45) is 11.7 Å². The monoisotopic (exact) mass is 397 g/mol. The molecule has 0 aromatic carbocycles. The maximum Gasteiger partial charge on any atom is 0.247 e. The molecule has 2 atom stereocenters. The minimum atomic E-state index is -0.671. The molecule has 162 valence electrons. The molecule has 1 aliphatic heterocycles. The molecule has 1 unspecified atom stereocenters. The zero-order valence-electron chi connectivity index (χ0n) is 17.9. The number of hydrogen-bond acceptors (Lipinski definition) is 5. The van der Waals surface area contributed by atoms with Crippen molar-refractivity contribution in [3.63, 3.8) is 0 Å². The molecule has 0 bridgehead atoms. The molecule has 0 aromatic heterocycles. The Kier molecular flexibility index (Phi) is 9.18. The molecule has 1 saturated carbocycles. The van der Waals surface area contributed by atoms with Crippen molar-refractivity contribution in [3.05, 3.63) is 0 Å². The maximum atomic E-state index is 12.9. The smallest absolute Gasteiger partial charge is 0.247 e. The maximum absolute atomic E-state index is 12.9. The van der Waals surface area contributed by atoms with Crippen LogP contribution in [0.15, 0.2) is 0 Å². The van der Waals surface area contributed by atoms with E-state index in [2.05, 4.69) is 5.32 Å². The predicted octanol–water partition coefficient (Wildman–Crippen LogP) is 1.83. The molecule has 3 N–H and O–H groups in total. The minimum Gasteiger partial charge on any atom is -0.378 e. The molecule has 2 aliphatic rings. The van der Waals surface area contributed by atoms with Gasteiger partial charge in [-0.1, -0.05) is 19.3 Å². The zero-order chi connectivity index (χ0) is 20.6. The van der Waals surface area contributed by atoms with Gasteiger partial charge in [0.15, 0.2) is 0 Å². The molecule has 1 saturated heterocycles. The van der Waals surface area contributed by atoms with Crippen LogP contribution in [0.25, 0.3) is 0 Å². The van der Waals surface area contributed by atoms with E-state index in [0.717, 1.165) is 0 Å². The molecule has 0 aromatic rings. The summed E-state index contributed by atoms with van der Waals surface area (Å²) >= 11 is 0. The van der Waals surface area contributed by atoms with Crippen LogP contribution in [0.1, 0.15) is 65.7 Å². The second kappa shape index (κ2) is 11.1. The number of carbonyl (C=O) groups excluding carboxylic acids is 2. The van der Waals surface area contributed by atoms with E-state index in [1.54, 1.807) is 4.90 Å². The number of carbonyl (C=O) groups is 2. The van der Waals surface area contributed by atoms with E-state index in [1.807, 2.05) is 20.8 Å². The van der Waals surface area contributed by atoms with Gasteiger partial charge in [0.25, 0.3) is 0 Å². The van der Waals surface area contributed by atoms with E-state index >= 15 is 0 Å². The third-order valence-corrected chi connectivity index (χ3v) is 5.60. The van der Waals surface area contributed by atoms with Gasteiger partial charge in [0, 0.05) is 25.6 Å². The highest BCUT2D eigenvalue weighted by Crippen LogP contribution is 2.27. The summed E-state index contributed by atoms with van der Waals surface area (Å²) in [5.41, 5.74) is 5.95. The molecule has 2 fully saturated rings. The van der Waals surface area contributed by atoms with Crippen LogP contribution in [0.2, 0.25) is 0 Å². The SMILES string of the molecule is CC(C)(C)OC[C@@H](NC(=O)CCC(N)C1CCCCC1)C(=O)N1CCOCC1. The lowest BCUT2D eigenvalue weighted by Crippen LogP contribution is -2.54. The van der Waals surface area contributed by atoms with Gasteiger partial charge in [0.1, 0.15) is 6.04 Å². The number of nitrogens with one attached hydrogen (secondary N) is 1. The molecule has 0 radical (unpaired) electrons. The third kappa shape index (κ3) is 8.05. The van der Waals surface area contributed by atoms with Gasteiger partial charge < -0.3 is 25.4 Å². The largest absolute Gasteiger partial charge is 0.378 e. The van der Waals surface area contributed by atoms with Gasteiger partial charge in [-0.3, -0.25) is 9.59 Å². The van der Waals surface area contributed by atoms with Crippen molar-refractivity contribution in [1.29, 1.82) is 0 Å². The summed E-state index contributed by atoms with van der Waals surface area (Å²) in [6.45, 7) is 8.14. The molecular formula is C21H39N3O4. The second-order valence-corrected chi connectivity index (χ2v) is 9.08. The lowest BCUT2D eigenvalue weighted by Gasteiger charge is -2.32. The van der Waals surface area contributed by atoms with Gasteiger partial charge in [0.2, 0.25) is 11.8 Å². The third-order valence-electron chi connectivity index (χ3n) is 5.60. The topological polar surface area (TPSA) is 93.9 Å². The van der Waals surface area contributed by atoms with Crippen LogP contribution in [0.3, 0.4) is 0 Å². The molecule has 0 spiro atoms. The fourth-order valence-electron chi connectivity index (χ4n) is 3.87. The van der Waals surface area contributed by atoms with Crippen LogP contribution < -0.4 is 11.1 Å². The van der Waals surface area contributed by atoms with Gasteiger partial charge in [-0.2, -0.15) is 0 Å². The number of nitrogens with two attached hydrogens (primary N) is 1. The first kappa shape index (κ1) is 23.1. The highest BCUT2D eigenvalue weighted by atomic mass is 16.5. The van der Waals surface area contributed by atoms with Crippen LogP contribution >= 0.6 is 0 Å². The second-order valence-electron chi connectivity index (χ2n) is 9.08. The average molecular weight is 398 g/mol. The van der Waals surface area contributed by atoms with E-state index in [9.17, 15) is 9.59 Å². The Morgan fingerprint density at radius 3 is 2.43 bits per heavy atom. The van der Waals surface area contributed by atoms with Crippen molar-refractivity contribution >= 4 is 11.8 Å². The van der Waals surface area contributed by atoms with Crippen LogP contribution in [0.4, 0.5) is 0 Å². The summed E-state index contributed by atoms with van der Waals surface area (Å²) in [5.74, 6) is 0.296. The predicted molar refractivity (Wildman–Crippen MR) is 109 cm³/mol. The highest BCUT2D eigenvalue weighted by Gasteiger charge is 2.29. The van der Waals surface area contributed by atoms with Gasteiger partial charge >= 0.3 is 0 Å². The van der Waals surface area contributed by atoms with E-state index in [4.69, 9.17) is 15.2 Å². The van der Waals surface area contributed by atoms with Crippen LogP contribution in [-0.2, 0) is 19.1 Å². The van der Waals surface area contributed by atoms with Gasteiger partial charge in [0.05, 0.1) is 25.4 Å². The van der Waals surface area contributed by atoms with E-state index in [0.29, 0.717) is 45.1 Å². The molecule has 2 rings (SSSR count). The summed E-state index contributed by atoms with van der Waals surface area (Å²) in [6, 6.07) is -0.610. The number of hydrogen-bond donors (Lipinski definition) is 2. The van der Waals surface area contributed by atoms with Crippen molar-refractivity contribution in [3.8, 4) is 0 Å². The summed E-state index contributed by atoms with van der Waals surface area (Å²) in [6.07, 6.45) is 7.12. The summed E-state index contributed by atoms with van der Waals surface area (Å²) in [5, 5.41) is 2.89. The molecule has 7 nitrogen and oxygen atoms in total. The number of ether oxygens (including phenoxy) is 2. The van der Waals surface area contributed by atoms with Crippen molar-refractivity contribution in [2.75, 3.05) is 32.9 Å². The van der Waals surface area contributed by atoms with Gasteiger partial charge in [-0.25, -0.2) is 0 Å². The molecule has 7 heteroatoms. The lowest BCUT2D eigenvalue weighted by molar-refractivity contribution is -0.143. The molecular weight excluding hydrogens is 358 g/mol. The zero-order valence-corrected chi connectivity index (χ0v) is 17.9. The van der Waals surface area contributed by atoms with Gasteiger partial charge in [-0.05, 0) is 46.0 Å².